The number of thiol groups is 1. The molecule has 0 amide bonds. The Bertz CT molecular complexity index is 127. The summed E-state index contributed by atoms with van der Waals surface area (Å²) in [6, 6.07) is 0. The van der Waals surface area contributed by atoms with Gasteiger partial charge in [-0.05, 0) is 31.1 Å². The summed E-state index contributed by atoms with van der Waals surface area (Å²) in [5.74, 6) is 1.88. The molecule has 1 fully saturated rings. The average Bonchev–Trinajstić information content (AvgIpc) is 2.36. The lowest BCUT2D eigenvalue weighted by Crippen LogP contribution is -2.20. The predicted molar refractivity (Wildman–Crippen MR) is 57.4 cm³/mol. The third-order valence-corrected chi connectivity index (χ3v) is 3.12. The molecule has 1 nitrogen and oxygen atoms in total. The van der Waals surface area contributed by atoms with Crippen molar-refractivity contribution in [3.05, 3.63) is 0 Å². The largest absolute Gasteiger partial charge is 0.253 e. The van der Waals surface area contributed by atoms with Crippen LogP contribution in [0.1, 0.15) is 39.5 Å². The zero-order chi connectivity index (χ0) is 8.97. The number of rotatable bonds is 4. The minimum absolute atomic E-state index is 0.920. The molecule has 1 aliphatic carbocycles. The van der Waals surface area contributed by atoms with Crippen molar-refractivity contribution in [2.75, 3.05) is 13.1 Å². The van der Waals surface area contributed by atoms with E-state index in [0.717, 1.165) is 18.4 Å². The fourth-order valence-corrected chi connectivity index (χ4v) is 2.57. The highest BCUT2D eigenvalue weighted by Crippen LogP contribution is 2.30. The molecule has 1 aliphatic rings. The first-order valence-corrected chi connectivity index (χ1v) is 5.56. The molecule has 0 aliphatic heterocycles. The van der Waals surface area contributed by atoms with Crippen LogP contribution in [0.5, 0.6) is 0 Å². The van der Waals surface area contributed by atoms with E-state index in [9.17, 15) is 0 Å². The van der Waals surface area contributed by atoms with E-state index >= 15 is 0 Å². The Morgan fingerprint density at radius 3 is 2.67 bits per heavy atom. The molecule has 1 saturated carbocycles. The molecule has 1 rings (SSSR count). The fraction of sp³-hybridized carbons (Fsp3) is 1.00. The Morgan fingerprint density at radius 1 is 1.42 bits per heavy atom. The maximum absolute atomic E-state index is 4.45. The van der Waals surface area contributed by atoms with E-state index in [2.05, 4.69) is 31.0 Å². The SMILES string of the molecule is CCCN(S)CC1CCC(C)C1. The second-order valence-electron chi connectivity index (χ2n) is 4.20. The lowest BCUT2D eigenvalue weighted by molar-refractivity contribution is 0.372. The predicted octanol–water partition coefficient (Wildman–Crippen LogP) is 2.98. The van der Waals surface area contributed by atoms with Gasteiger partial charge in [0.2, 0.25) is 0 Å². The topological polar surface area (TPSA) is 3.24 Å². The molecule has 0 aromatic carbocycles. The van der Waals surface area contributed by atoms with E-state index in [1.54, 1.807) is 0 Å². The van der Waals surface area contributed by atoms with E-state index in [4.69, 9.17) is 0 Å². The van der Waals surface area contributed by atoms with Crippen LogP contribution < -0.4 is 0 Å². The van der Waals surface area contributed by atoms with Crippen molar-refractivity contribution in [1.82, 2.24) is 4.31 Å². The molecule has 2 heteroatoms. The highest BCUT2D eigenvalue weighted by molar-refractivity contribution is 7.77. The molecule has 0 spiro atoms. The Balaban J connectivity index is 2.14. The summed E-state index contributed by atoms with van der Waals surface area (Å²) in [6.45, 7) is 6.90. The molecule has 0 radical (unpaired) electrons. The maximum Gasteiger partial charge on any atom is 0.0115 e. The van der Waals surface area contributed by atoms with Crippen LogP contribution in [0, 0.1) is 11.8 Å². The Hall–Kier alpha value is 0.310. The third-order valence-electron chi connectivity index (χ3n) is 2.75. The Kier molecular flexibility index (Phi) is 4.44. The molecule has 0 bridgehead atoms. The standard InChI is InChI=1S/C10H21NS/c1-3-6-11(12)8-10-5-4-9(2)7-10/h9-10,12H,3-8H2,1-2H3. The zero-order valence-electron chi connectivity index (χ0n) is 8.29. The quantitative estimate of drug-likeness (QED) is 0.662. The van der Waals surface area contributed by atoms with Gasteiger partial charge in [0.1, 0.15) is 0 Å². The van der Waals surface area contributed by atoms with Crippen LogP contribution in [0.3, 0.4) is 0 Å². The smallest absolute Gasteiger partial charge is 0.0115 e. The maximum atomic E-state index is 4.45. The highest BCUT2D eigenvalue weighted by Gasteiger charge is 2.22. The van der Waals surface area contributed by atoms with Crippen molar-refractivity contribution < 1.29 is 0 Å². The molecular weight excluding hydrogens is 166 g/mol. The van der Waals surface area contributed by atoms with E-state index in [1.165, 1.54) is 32.2 Å². The van der Waals surface area contributed by atoms with Gasteiger partial charge in [0.15, 0.2) is 0 Å². The summed E-state index contributed by atoms with van der Waals surface area (Å²) >= 11 is 4.45. The Labute approximate surface area is 82.1 Å². The van der Waals surface area contributed by atoms with Crippen LogP contribution in [0.15, 0.2) is 0 Å². The summed E-state index contributed by atoms with van der Waals surface area (Å²) < 4.78 is 2.18. The van der Waals surface area contributed by atoms with Crippen molar-refractivity contribution in [3.63, 3.8) is 0 Å². The molecule has 72 valence electrons. The van der Waals surface area contributed by atoms with Gasteiger partial charge >= 0.3 is 0 Å². The van der Waals surface area contributed by atoms with Gasteiger partial charge in [0.25, 0.3) is 0 Å². The van der Waals surface area contributed by atoms with Crippen LogP contribution in [-0.2, 0) is 0 Å². The van der Waals surface area contributed by atoms with Crippen molar-refractivity contribution in [1.29, 1.82) is 0 Å². The first-order valence-electron chi connectivity index (χ1n) is 5.16. The molecule has 0 aromatic heterocycles. The van der Waals surface area contributed by atoms with Gasteiger partial charge in [-0.25, -0.2) is 0 Å². The molecule has 0 N–H and O–H groups in total. The first kappa shape index (κ1) is 10.4. The monoisotopic (exact) mass is 187 g/mol. The molecule has 2 atom stereocenters. The minimum Gasteiger partial charge on any atom is -0.253 e. The Morgan fingerprint density at radius 2 is 2.17 bits per heavy atom. The zero-order valence-corrected chi connectivity index (χ0v) is 9.19. The van der Waals surface area contributed by atoms with E-state index in [0.29, 0.717) is 0 Å². The number of hydrogen-bond donors (Lipinski definition) is 1. The van der Waals surface area contributed by atoms with E-state index < -0.39 is 0 Å². The van der Waals surface area contributed by atoms with Gasteiger partial charge in [-0.3, -0.25) is 4.31 Å². The van der Waals surface area contributed by atoms with Gasteiger partial charge in [0, 0.05) is 13.1 Å². The van der Waals surface area contributed by atoms with E-state index in [1.807, 2.05) is 0 Å². The lowest BCUT2D eigenvalue weighted by Gasteiger charge is -2.18. The number of nitrogens with zero attached hydrogens (tertiary/aromatic N) is 1. The summed E-state index contributed by atoms with van der Waals surface area (Å²) in [7, 11) is 0. The van der Waals surface area contributed by atoms with Crippen LogP contribution >= 0.6 is 12.8 Å². The van der Waals surface area contributed by atoms with Crippen molar-refractivity contribution in [3.8, 4) is 0 Å². The van der Waals surface area contributed by atoms with Crippen molar-refractivity contribution in [2.24, 2.45) is 11.8 Å². The van der Waals surface area contributed by atoms with Crippen molar-refractivity contribution in [2.45, 2.75) is 39.5 Å². The second-order valence-corrected chi connectivity index (χ2v) is 4.76. The van der Waals surface area contributed by atoms with Crippen LogP contribution in [-0.4, -0.2) is 17.4 Å². The van der Waals surface area contributed by atoms with E-state index in [-0.39, 0.29) is 0 Å². The molecule has 12 heavy (non-hydrogen) atoms. The average molecular weight is 187 g/mol. The van der Waals surface area contributed by atoms with Gasteiger partial charge in [-0.15, -0.1) is 0 Å². The molecule has 0 aromatic rings. The fourth-order valence-electron chi connectivity index (χ4n) is 2.14. The van der Waals surface area contributed by atoms with Crippen LogP contribution in [0.25, 0.3) is 0 Å². The van der Waals surface area contributed by atoms with Gasteiger partial charge in [-0.1, -0.05) is 33.1 Å². The normalized spacial score (nSPS) is 30.0. The summed E-state index contributed by atoms with van der Waals surface area (Å²) in [6.07, 6.45) is 5.48. The molecule has 0 heterocycles. The van der Waals surface area contributed by atoms with Crippen LogP contribution in [0.2, 0.25) is 0 Å². The number of hydrogen-bond acceptors (Lipinski definition) is 2. The minimum atomic E-state index is 0.920. The van der Waals surface area contributed by atoms with Gasteiger partial charge in [0.05, 0.1) is 0 Å². The van der Waals surface area contributed by atoms with Gasteiger partial charge in [-0.2, -0.15) is 0 Å². The second kappa shape index (κ2) is 5.13. The summed E-state index contributed by atoms with van der Waals surface area (Å²) in [5.41, 5.74) is 0. The third kappa shape index (κ3) is 3.36. The van der Waals surface area contributed by atoms with Crippen LogP contribution in [0.4, 0.5) is 0 Å². The lowest BCUT2D eigenvalue weighted by atomic mass is 10.1. The summed E-state index contributed by atoms with van der Waals surface area (Å²) in [5, 5.41) is 0. The molecule has 2 unspecified atom stereocenters. The van der Waals surface area contributed by atoms with Gasteiger partial charge < -0.3 is 0 Å². The first-order chi connectivity index (χ1) is 5.72. The summed E-state index contributed by atoms with van der Waals surface area (Å²) in [4.78, 5) is 0. The molecular formula is C10H21NS. The molecule has 0 saturated heterocycles. The highest BCUT2D eigenvalue weighted by atomic mass is 32.1. The van der Waals surface area contributed by atoms with Crippen molar-refractivity contribution >= 4 is 12.8 Å².